The molecule has 1 aromatic heterocycles. The fraction of sp³-hybridized carbons (Fsp3) is 0.105. The quantitative estimate of drug-likeness (QED) is 0.690. The smallest absolute Gasteiger partial charge is 0.339 e. The fourth-order valence-corrected chi connectivity index (χ4v) is 2.35. The Morgan fingerprint density at radius 3 is 2.43 bits per heavy atom. The van der Waals surface area contributed by atoms with Gasteiger partial charge in [0.2, 0.25) is 0 Å². The number of benzene rings is 2. The number of ketones is 1. The minimum atomic E-state index is -0.518. The summed E-state index contributed by atoms with van der Waals surface area (Å²) in [6.45, 7) is 1.16. The van der Waals surface area contributed by atoms with Crippen molar-refractivity contribution < 1.29 is 14.3 Å². The van der Waals surface area contributed by atoms with Crippen LogP contribution in [0.5, 0.6) is 0 Å². The van der Waals surface area contributed by atoms with E-state index in [1.54, 1.807) is 6.07 Å². The topological polar surface area (TPSA) is 56.3 Å². The second kappa shape index (κ2) is 6.40. The van der Waals surface area contributed by atoms with Gasteiger partial charge in [-0.3, -0.25) is 4.79 Å². The lowest BCUT2D eigenvalue weighted by Gasteiger charge is -2.09. The molecule has 0 spiro atoms. The molecule has 0 amide bonds. The van der Waals surface area contributed by atoms with E-state index in [1.807, 2.05) is 54.6 Å². The van der Waals surface area contributed by atoms with Crippen molar-refractivity contribution in [2.75, 3.05) is 6.61 Å². The van der Waals surface area contributed by atoms with Crippen LogP contribution >= 0.6 is 0 Å². The first-order valence-corrected chi connectivity index (χ1v) is 7.27. The van der Waals surface area contributed by atoms with E-state index in [-0.39, 0.29) is 12.4 Å². The van der Waals surface area contributed by atoms with Crippen molar-refractivity contribution in [3.8, 4) is 11.3 Å². The summed E-state index contributed by atoms with van der Waals surface area (Å²) in [6, 6.07) is 18.7. The largest absolute Gasteiger partial charge is 0.454 e. The number of rotatable bonds is 4. The van der Waals surface area contributed by atoms with Crippen molar-refractivity contribution in [1.29, 1.82) is 0 Å². The number of carbonyl (C=O) groups excluding carboxylic acids is 2. The molecule has 0 unspecified atom stereocenters. The predicted octanol–water partition coefficient (Wildman–Crippen LogP) is 3.65. The van der Waals surface area contributed by atoms with Crippen molar-refractivity contribution in [3.05, 3.63) is 66.2 Å². The molecule has 0 aliphatic rings. The van der Waals surface area contributed by atoms with E-state index in [1.165, 1.54) is 6.92 Å². The van der Waals surface area contributed by atoms with E-state index < -0.39 is 5.97 Å². The zero-order valence-corrected chi connectivity index (χ0v) is 12.7. The van der Waals surface area contributed by atoms with Crippen LogP contribution in [0.1, 0.15) is 17.3 Å². The molecule has 2 aromatic carbocycles. The second-order valence-electron chi connectivity index (χ2n) is 5.22. The molecular weight excluding hydrogens is 290 g/mol. The maximum Gasteiger partial charge on any atom is 0.339 e. The first-order chi connectivity index (χ1) is 11.1. The summed E-state index contributed by atoms with van der Waals surface area (Å²) in [5.74, 6) is -0.712. The minimum absolute atomic E-state index is 0.194. The van der Waals surface area contributed by atoms with Gasteiger partial charge in [0.25, 0.3) is 0 Å². The Morgan fingerprint density at radius 1 is 1.00 bits per heavy atom. The zero-order chi connectivity index (χ0) is 16.2. The van der Waals surface area contributed by atoms with E-state index in [0.717, 1.165) is 5.56 Å². The molecule has 0 saturated heterocycles. The van der Waals surface area contributed by atoms with Crippen molar-refractivity contribution in [2.24, 2.45) is 0 Å². The lowest BCUT2D eigenvalue weighted by Crippen LogP contribution is -2.12. The number of aromatic nitrogens is 1. The van der Waals surface area contributed by atoms with Gasteiger partial charge < -0.3 is 4.74 Å². The lowest BCUT2D eigenvalue weighted by atomic mass is 10.0. The van der Waals surface area contributed by atoms with Crippen LogP contribution in [0.2, 0.25) is 0 Å². The average Bonchev–Trinajstić information content (AvgIpc) is 2.59. The molecule has 0 aliphatic carbocycles. The Labute approximate surface area is 133 Å². The van der Waals surface area contributed by atoms with Crippen LogP contribution in [0.3, 0.4) is 0 Å². The van der Waals surface area contributed by atoms with Crippen molar-refractivity contribution in [1.82, 2.24) is 4.98 Å². The third-order valence-corrected chi connectivity index (χ3v) is 3.41. The predicted molar refractivity (Wildman–Crippen MR) is 88.1 cm³/mol. The van der Waals surface area contributed by atoms with Gasteiger partial charge in [-0.25, -0.2) is 9.78 Å². The molecule has 1 heterocycles. The number of hydrogen-bond donors (Lipinski definition) is 0. The summed E-state index contributed by atoms with van der Waals surface area (Å²) >= 11 is 0. The lowest BCUT2D eigenvalue weighted by molar-refractivity contribution is -0.120. The molecule has 0 radical (unpaired) electrons. The summed E-state index contributed by atoms with van der Waals surface area (Å²) in [4.78, 5) is 28.0. The van der Waals surface area contributed by atoms with Gasteiger partial charge in [-0.15, -0.1) is 0 Å². The van der Waals surface area contributed by atoms with Crippen molar-refractivity contribution in [3.63, 3.8) is 0 Å². The Hall–Kier alpha value is -3.01. The highest BCUT2D eigenvalue weighted by atomic mass is 16.5. The van der Waals surface area contributed by atoms with Gasteiger partial charge in [0.15, 0.2) is 5.78 Å². The molecule has 3 rings (SSSR count). The normalized spacial score (nSPS) is 10.5. The van der Waals surface area contributed by atoms with Crippen molar-refractivity contribution >= 4 is 22.7 Å². The van der Waals surface area contributed by atoms with Gasteiger partial charge in [0.1, 0.15) is 6.61 Å². The summed E-state index contributed by atoms with van der Waals surface area (Å²) in [5, 5.41) is 0.709. The fourth-order valence-electron chi connectivity index (χ4n) is 2.35. The third kappa shape index (κ3) is 3.26. The molecule has 0 fully saturated rings. The molecule has 3 aromatic rings. The number of Topliss-reactive ketones (excluding diaryl/α,β-unsaturated/α-hetero) is 1. The minimum Gasteiger partial charge on any atom is -0.454 e. The second-order valence-corrected chi connectivity index (χ2v) is 5.22. The summed E-state index contributed by atoms with van der Waals surface area (Å²) in [6.07, 6.45) is 0. The summed E-state index contributed by atoms with van der Waals surface area (Å²) < 4.78 is 5.07. The summed E-state index contributed by atoms with van der Waals surface area (Å²) in [7, 11) is 0. The number of esters is 1. The number of carbonyl (C=O) groups is 2. The number of fused-ring (bicyclic) bond motifs is 1. The SMILES string of the molecule is CC(=O)COC(=O)c1cc(-c2ccccc2)nc2ccccc12. The highest BCUT2D eigenvalue weighted by Crippen LogP contribution is 2.25. The molecule has 0 atom stereocenters. The number of ether oxygens (including phenoxy) is 1. The van der Waals surface area contributed by atoms with E-state index in [9.17, 15) is 9.59 Å². The zero-order valence-electron chi connectivity index (χ0n) is 12.7. The Morgan fingerprint density at radius 2 is 1.70 bits per heavy atom. The van der Waals surface area contributed by atoms with Gasteiger partial charge in [0.05, 0.1) is 16.8 Å². The van der Waals surface area contributed by atoms with Crippen molar-refractivity contribution in [2.45, 2.75) is 6.92 Å². The Bertz CT molecular complexity index is 872. The molecule has 0 bridgehead atoms. The highest BCUT2D eigenvalue weighted by molar-refractivity contribution is 6.05. The molecule has 23 heavy (non-hydrogen) atoms. The van der Waals surface area contributed by atoms with Crippen LogP contribution in [0.15, 0.2) is 60.7 Å². The molecule has 114 valence electrons. The maximum absolute atomic E-state index is 12.3. The van der Waals surface area contributed by atoms with Gasteiger partial charge in [-0.05, 0) is 19.1 Å². The van der Waals surface area contributed by atoms with Crippen LogP contribution in [0, 0.1) is 0 Å². The third-order valence-electron chi connectivity index (χ3n) is 3.41. The first kappa shape index (κ1) is 14.9. The molecular formula is C19H15NO3. The average molecular weight is 305 g/mol. The molecule has 4 nitrogen and oxygen atoms in total. The standard InChI is InChI=1S/C19H15NO3/c1-13(21)12-23-19(22)16-11-18(14-7-3-2-4-8-14)20-17-10-6-5-9-15(16)17/h2-11H,12H2,1H3. The number of hydrogen-bond acceptors (Lipinski definition) is 4. The van der Waals surface area contributed by atoms with Crippen LogP contribution in [0.4, 0.5) is 0 Å². The molecule has 0 aliphatic heterocycles. The number of para-hydroxylation sites is 1. The van der Waals surface area contributed by atoms with E-state index >= 15 is 0 Å². The van der Waals surface area contributed by atoms with Gasteiger partial charge in [-0.1, -0.05) is 48.5 Å². The van der Waals surface area contributed by atoms with Crippen LogP contribution in [-0.2, 0) is 9.53 Å². The first-order valence-electron chi connectivity index (χ1n) is 7.27. The maximum atomic E-state index is 12.3. The van der Waals surface area contributed by atoms with Crippen LogP contribution < -0.4 is 0 Å². The van der Waals surface area contributed by atoms with E-state index in [4.69, 9.17) is 4.74 Å². The highest BCUT2D eigenvalue weighted by Gasteiger charge is 2.15. The van der Waals surface area contributed by atoms with Gasteiger partial charge in [-0.2, -0.15) is 0 Å². The van der Waals surface area contributed by atoms with Gasteiger partial charge in [0, 0.05) is 10.9 Å². The monoisotopic (exact) mass is 305 g/mol. The molecule has 0 N–H and O–H groups in total. The van der Waals surface area contributed by atoms with Crippen LogP contribution in [-0.4, -0.2) is 23.3 Å². The van der Waals surface area contributed by atoms with E-state index in [0.29, 0.717) is 22.2 Å². The number of nitrogens with zero attached hydrogens (tertiary/aromatic N) is 1. The van der Waals surface area contributed by atoms with Crippen LogP contribution in [0.25, 0.3) is 22.2 Å². The molecule has 4 heteroatoms. The Kier molecular flexibility index (Phi) is 4.15. The summed E-state index contributed by atoms with van der Waals surface area (Å²) in [5.41, 5.74) is 2.73. The Balaban J connectivity index is 2.11. The number of pyridine rings is 1. The van der Waals surface area contributed by atoms with E-state index in [2.05, 4.69) is 4.98 Å². The van der Waals surface area contributed by atoms with Gasteiger partial charge >= 0.3 is 5.97 Å². The molecule has 0 saturated carbocycles.